The van der Waals surface area contributed by atoms with Crippen molar-refractivity contribution >= 4 is 13.6 Å². The zero-order valence-electron chi connectivity index (χ0n) is 23.5. The Morgan fingerprint density at radius 3 is 1.94 bits per heavy atom. The molecule has 2 atom stereocenters. The summed E-state index contributed by atoms with van der Waals surface area (Å²) in [6.45, 7) is 7.65. The van der Waals surface area contributed by atoms with Gasteiger partial charge in [0.15, 0.2) is 0 Å². The van der Waals surface area contributed by atoms with Gasteiger partial charge in [-0.1, -0.05) is 90.9 Å². The minimum absolute atomic E-state index is 0.100. The van der Waals surface area contributed by atoms with Crippen LogP contribution in [-0.4, -0.2) is 62.6 Å². The van der Waals surface area contributed by atoms with Crippen molar-refractivity contribution in [1.82, 2.24) is 0 Å². The first kappa shape index (κ1) is 33.6. The van der Waals surface area contributed by atoms with Gasteiger partial charge in [-0.3, -0.25) is 9.36 Å². The number of carbonyl (C=O) groups is 1. The molecule has 2 unspecified atom stereocenters. The molecule has 1 aliphatic rings. The van der Waals surface area contributed by atoms with Crippen molar-refractivity contribution in [2.45, 2.75) is 129 Å². The summed E-state index contributed by atoms with van der Waals surface area (Å²) in [5.41, 5.74) is 0. The number of hydrogen-bond donors (Lipinski definition) is 2. The number of ether oxygens (including phenoxy) is 2. The fourth-order valence-electron chi connectivity index (χ4n) is 4.69. The summed E-state index contributed by atoms with van der Waals surface area (Å²) in [6, 6.07) is 0. The molecule has 0 aliphatic carbocycles. The van der Waals surface area contributed by atoms with Crippen LogP contribution in [0.1, 0.15) is 123 Å². The van der Waals surface area contributed by atoms with Crippen molar-refractivity contribution < 1.29 is 33.2 Å². The topological polar surface area (TPSA) is 86.5 Å². The molecule has 2 N–H and O–H groups in total. The predicted octanol–water partition coefficient (Wildman–Crippen LogP) is 5.69. The molecule has 1 aliphatic heterocycles. The smallest absolute Gasteiger partial charge is 0.333 e. The molecule has 1 saturated heterocycles. The zero-order valence-corrected chi connectivity index (χ0v) is 24.4. The van der Waals surface area contributed by atoms with Crippen LogP contribution >= 0.6 is 7.60 Å². The van der Waals surface area contributed by atoms with Gasteiger partial charge in [0.2, 0.25) is 0 Å². The van der Waals surface area contributed by atoms with Crippen LogP contribution in [0, 0.1) is 0 Å². The van der Waals surface area contributed by atoms with Crippen molar-refractivity contribution in [2.24, 2.45) is 0 Å². The normalized spacial score (nSPS) is 16.8. The van der Waals surface area contributed by atoms with E-state index >= 15 is 0 Å². The lowest BCUT2D eigenvalue weighted by Crippen LogP contribution is -3.10. The molecule has 1 fully saturated rings. The number of carbonyl (C=O) groups excluding carboxylic acids is 1. The minimum atomic E-state index is -3.70. The van der Waals surface area contributed by atoms with E-state index in [1.165, 1.54) is 88.4 Å². The maximum absolute atomic E-state index is 12.4. The Hall–Kier alpha value is -0.460. The average molecular weight is 535 g/mol. The van der Waals surface area contributed by atoms with E-state index in [0.29, 0.717) is 26.0 Å². The first-order valence-corrected chi connectivity index (χ1v) is 16.8. The van der Waals surface area contributed by atoms with Crippen LogP contribution in [0.5, 0.6) is 0 Å². The van der Waals surface area contributed by atoms with Crippen LogP contribution < -0.4 is 4.90 Å². The molecule has 0 saturated carbocycles. The highest BCUT2D eigenvalue weighted by Gasteiger charge is 2.27. The third kappa shape index (κ3) is 19.6. The van der Waals surface area contributed by atoms with Crippen LogP contribution in [0.4, 0.5) is 0 Å². The van der Waals surface area contributed by atoms with E-state index < -0.39 is 13.7 Å². The molecule has 0 aromatic carbocycles. The van der Waals surface area contributed by atoms with Crippen LogP contribution in [0.15, 0.2) is 0 Å². The highest BCUT2D eigenvalue weighted by atomic mass is 31.2. The van der Waals surface area contributed by atoms with Gasteiger partial charge < -0.3 is 23.8 Å². The lowest BCUT2D eigenvalue weighted by Gasteiger charge is -2.21. The van der Waals surface area contributed by atoms with E-state index in [9.17, 15) is 14.3 Å². The number of unbranched alkanes of at least 4 members (excludes halogenated alkanes) is 12. The Morgan fingerprint density at radius 2 is 1.39 bits per heavy atom. The van der Waals surface area contributed by atoms with Gasteiger partial charge in [-0.15, -0.1) is 0 Å². The maximum Gasteiger partial charge on any atom is 0.333 e. The van der Waals surface area contributed by atoms with Gasteiger partial charge >= 0.3 is 13.6 Å². The van der Waals surface area contributed by atoms with E-state index in [1.807, 2.05) is 6.92 Å². The molecule has 36 heavy (non-hydrogen) atoms. The Kier molecular flexibility index (Phi) is 21.0. The lowest BCUT2D eigenvalue weighted by molar-refractivity contribution is -0.884. The van der Waals surface area contributed by atoms with Gasteiger partial charge in [-0.25, -0.2) is 0 Å². The molecule has 0 amide bonds. The van der Waals surface area contributed by atoms with Crippen molar-refractivity contribution in [3.8, 4) is 0 Å². The number of nitrogens with one attached hydrogen (secondary N) is 1. The molecule has 8 heteroatoms. The van der Waals surface area contributed by atoms with Gasteiger partial charge in [0.05, 0.1) is 39.0 Å². The number of esters is 1. The van der Waals surface area contributed by atoms with E-state index in [4.69, 9.17) is 14.0 Å². The van der Waals surface area contributed by atoms with Crippen LogP contribution in [0.25, 0.3) is 0 Å². The third-order valence-corrected chi connectivity index (χ3v) is 8.31. The number of rotatable bonds is 25. The second kappa shape index (κ2) is 22.5. The summed E-state index contributed by atoms with van der Waals surface area (Å²) >= 11 is 0. The first-order valence-electron chi connectivity index (χ1n) is 15.0. The van der Waals surface area contributed by atoms with Gasteiger partial charge in [0, 0.05) is 25.9 Å². The predicted molar refractivity (Wildman–Crippen MR) is 147 cm³/mol. The largest absolute Gasteiger partial charge is 0.457 e. The summed E-state index contributed by atoms with van der Waals surface area (Å²) in [4.78, 5) is 23.5. The molecule has 0 bridgehead atoms. The van der Waals surface area contributed by atoms with Gasteiger partial charge in [0.1, 0.15) is 6.10 Å². The number of hydrogen-bond acceptors (Lipinski definition) is 5. The van der Waals surface area contributed by atoms with E-state index in [2.05, 4.69) is 6.92 Å². The van der Waals surface area contributed by atoms with Crippen molar-refractivity contribution in [3.63, 3.8) is 0 Å². The Balaban J connectivity index is 2.11. The third-order valence-electron chi connectivity index (χ3n) is 6.97. The number of quaternary nitrogens is 1. The van der Waals surface area contributed by atoms with E-state index in [1.54, 1.807) is 0 Å². The zero-order chi connectivity index (χ0) is 26.3. The maximum atomic E-state index is 12.4. The second-order valence-electron chi connectivity index (χ2n) is 10.5. The highest BCUT2D eigenvalue weighted by molar-refractivity contribution is 7.52. The summed E-state index contributed by atoms with van der Waals surface area (Å²) in [6.07, 6.45) is 19.8. The molecule has 0 aromatic rings. The molecule has 1 heterocycles. The van der Waals surface area contributed by atoms with E-state index in [0.717, 1.165) is 25.9 Å². The van der Waals surface area contributed by atoms with Gasteiger partial charge in [0.25, 0.3) is 0 Å². The Bertz CT molecular complexity index is 570. The standard InChI is InChI=1S/C28H56NO6P/c1-3-5-6-7-8-9-10-11-12-13-14-15-18-23-33-25-27(35-28(30)19-4-2)26-34-36(31,32)24-22-29-20-16-17-21-29/h27H,3-26H2,1-2H3,(H,31,32)/p+1. The average Bonchev–Trinajstić information content (AvgIpc) is 3.38. The van der Waals surface area contributed by atoms with Gasteiger partial charge in [-0.2, -0.15) is 0 Å². The summed E-state index contributed by atoms with van der Waals surface area (Å²) in [5.74, 6) is -0.315. The van der Waals surface area contributed by atoms with Crippen LogP contribution in [0.3, 0.4) is 0 Å². The van der Waals surface area contributed by atoms with E-state index in [-0.39, 0.29) is 25.3 Å². The Morgan fingerprint density at radius 1 is 0.833 bits per heavy atom. The molecule has 214 valence electrons. The second-order valence-corrected chi connectivity index (χ2v) is 12.5. The molecule has 7 nitrogen and oxygen atoms in total. The monoisotopic (exact) mass is 534 g/mol. The number of likely N-dealkylation sites (tertiary alicyclic amines) is 1. The van der Waals surface area contributed by atoms with Crippen LogP contribution in [0.2, 0.25) is 0 Å². The molecule has 0 spiro atoms. The van der Waals surface area contributed by atoms with Gasteiger partial charge in [-0.05, 0) is 12.8 Å². The SMILES string of the molecule is CCCCCCCCCCCCCCCOCC(COP(=O)(O)CC[NH+]1CCCC1)OC(=O)CCC. The first-order chi connectivity index (χ1) is 17.5. The van der Waals surface area contributed by atoms with Crippen molar-refractivity contribution in [3.05, 3.63) is 0 Å². The lowest BCUT2D eigenvalue weighted by atomic mass is 10.0. The molecule has 1 rings (SSSR count). The van der Waals surface area contributed by atoms with Crippen molar-refractivity contribution in [2.75, 3.05) is 45.6 Å². The molecular weight excluding hydrogens is 477 g/mol. The quantitative estimate of drug-likeness (QED) is 0.0890. The minimum Gasteiger partial charge on any atom is -0.457 e. The Labute approximate surface area is 221 Å². The highest BCUT2D eigenvalue weighted by Crippen LogP contribution is 2.41. The fourth-order valence-corrected chi connectivity index (χ4v) is 5.82. The molecule has 0 aromatic heterocycles. The summed E-state index contributed by atoms with van der Waals surface area (Å²) < 4.78 is 29.0. The molecular formula is C28H57NO6P+. The fraction of sp³-hybridized carbons (Fsp3) is 0.964. The van der Waals surface area contributed by atoms with Crippen LogP contribution in [-0.2, 0) is 23.4 Å². The van der Waals surface area contributed by atoms with Crippen molar-refractivity contribution in [1.29, 1.82) is 0 Å². The molecule has 0 radical (unpaired) electrons. The summed E-state index contributed by atoms with van der Waals surface area (Å²) in [5, 5.41) is 0. The summed E-state index contributed by atoms with van der Waals surface area (Å²) in [7, 11) is -3.70.